The SMILES string of the molecule is Cc1ccccc1-n1ncc2cc(C(C)O)ccc21. The molecule has 1 atom stereocenters. The fourth-order valence-electron chi connectivity index (χ4n) is 2.30. The molecule has 0 amide bonds. The lowest BCUT2D eigenvalue weighted by atomic mass is 10.1. The number of para-hydroxylation sites is 1. The van der Waals surface area contributed by atoms with Gasteiger partial charge in [0.25, 0.3) is 0 Å². The number of benzene rings is 2. The zero-order valence-electron chi connectivity index (χ0n) is 11.0. The molecule has 3 aromatic rings. The number of aliphatic hydroxyl groups is 1. The summed E-state index contributed by atoms with van der Waals surface area (Å²) >= 11 is 0. The largest absolute Gasteiger partial charge is 0.389 e. The zero-order valence-corrected chi connectivity index (χ0v) is 11.0. The molecule has 3 nitrogen and oxygen atoms in total. The third kappa shape index (κ3) is 2.02. The zero-order chi connectivity index (χ0) is 13.4. The first-order chi connectivity index (χ1) is 9.16. The van der Waals surface area contributed by atoms with Crippen LogP contribution >= 0.6 is 0 Å². The summed E-state index contributed by atoms with van der Waals surface area (Å²) in [7, 11) is 0. The summed E-state index contributed by atoms with van der Waals surface area (Å²) in [4.78, 5) is 0. The molecule has 0 radical (unpaired) electrons. The third-order valence-electron chi connectivity index (χ3n) is 3.42. The van der Waals surface area contributed by atoms with E-state index in [1.165, 1.54) is 5.56 Å². The van der Waals surface area contributed by atoms with Crippen LogP contribution in [-0.4, -0.2) is 14.9 Å². The Morgan fingerprint density at radius 2 is 1.95 bits per heavy atom. The number of aromatic nitrogens is 2. The van der Waals surface area contributed by atoms with Gasteiger partial charge in [-0.3, -0.25) is 0 Å². The van der Waals surface area contributed by atoms with Crippen LogP contribution < -0.4 is 0 Å². The van der Waals surface area contributed by atoms with E-state index in [-0.39, 0.29) is 0 Å². The van der Waals surface area contributed by atoms with Crippen molar-refractivity contribution in [3.8, 4) is 5.69 Å². The van der Waals surface area contributed by atoms with Crippen molar-refractivity contribution in [3.05, 3.63) is 59.8 Å². The van der Waals surface area contributed by atoms with Crippen molar-refractivity contribution in [1.82, 2.24) is 9.78 Å². The topological polar surface area (TPSA) is 38.0 Å². The molecule has 0 spiro atoms. The Balaban J connectivity index is 2.19. The van der Waals surface area contributed by atoms with E-state index >= 15 is 0 Å². The van der Waals surface area contributed by atoms with Gasteiger partial charge in [0.2, 0.25) is 0 Å². The van der Waals surface area contributed by atoms with Crippen molar-refractivity contribution in [1.29, 1.82) is 0 Å². The number of rotatable bonds is 2. The summed E-state index contributed by atoms with van der Waals surface area (Å²) in [5, 5.41) is 15.1. The van der Waals surface area contributed by atoms with Gasteiger partial charge in [-0.15, -0.1) is 0 Å². The van der Waals surface area contributed by atoms with E-state index in [9.17, 15) is 5.11 Å². The van der Waals surface area contributed by atoms with Crippen molar-refractivity contribution in [3.63, 3.8) is 0 Å². The molecule has 1 unspecified atom stereocenters. The van der Waals surface area contributed by atoms with Gasteiger partial charge in [-0.25, -0.2) is 4.68 Å². The van der Waals surface area contributed by atoms with Crippen molar-refractivity contribution in [2.45, 2.75) is 20.0 Å². The van der Waals surface area contributed by atoms with E-state index in [1.54, 1.807) is 6.92 Å². The molecule has 0 bridgehead atoms. The van der Waals surface area contributed by atoms with Crippen molar-refractivity contribution < 1.29 is 5.11 Å². The number of hydrogen-bond acceptors (Lipinski definition) is 2. The summed E-state index contributed by atoms with van der Waals surface area (Å²) in [6.45, 7) is 3.85. The fourth-order valence-corrected chi connectivity index (χ4v) is 2.30. The molecule has 0 aliphatic heterocycles. The second-order valence-electron chi connectivity index (χ2n) is 4.84. The molecule has 1 N–H and O–H groups in total. The van der Waals surface area contributed by atoms with Gasteiger partial charge < -0.3 is 5.11 Å². The highest BCUT2D eigenvalue weighted by molar-refractivity contribution is 5.81. The van der Waals surface area contributed by atoms with Crippen LogP contribution in [0.3, 0.4) is 0 Å². The van der Waals surface area contributed by atoms with Gasteiger partial charge in [-0.2, -0.15) is 5.10 Å². The minimum Gasteiger partial charge on any atom is -0.389 e. The normalized spacial score (nSPS) is 12.8. The Labute approximate surface area is 112 Å². The molecule has 3 heteroatoms. The Kier molecular flexibility index (Phi) is 2.84. The molecular formula is C16H16N2O. The molecule has 0 aliphatic rings. The predicted octanol–water partition coefficient (Wildman–Crippen LogP) is 3.39. The first-order valence-corrected chi connectivity index (χ1v) is 6.38. The smallest absolute Gasteiger partial charge is 0.0762 e. The van der Waals surface area contributed by atoms with E-state index in [4.69, 9.17) is 0 Å². The maximum absolute atomic E-state index is 9.62. The number of nitrogens with zero attached hydrogens (tertiary/aromatic N) is 2. The lowest BCUT2D eigenvalue weighted by Gasteiger charge is -2.08. The summed E-state index contributed by atoms with van der Waals surface area (Å²) in [6.07, 6.45) is 1.39. The molecule has 0 saturated carbocycles. The number of fused-ring (bicyclic) bond motifs is 1. The van der Waals surface area contributed by atoms with Gasteiger partial charge in [0.15, 0.2) is 0 Å². The Morgan fingerprint density at radius 1 is 1.16 bits per heavy atom. The van der Waals surface area contributed by atoms with E-state index in [1.807, 2.05) is 41.2 Å². The molecule has 96 valence electrons. The molecular weight excluding hydrogens is 236 g/mol. The Bertz CT molecular complexity index is 728. The average molecular weight is 252 g/mol. The minimum atomic E-state index is -0.453. The van der Waals surface area contributed by atoms with Crippen molar-refractivity contribution in [2.75, 3.05) is 0 Å². The lowest BCUT2D eigenvalue weighted by Crippen LogP contribution is -1.98. The molecule has 19 heavy (non-hydrogen) atoms. The highest BCUT2D eigenvalue weighted by Gasteiger charge is 2.08. The quantitative estimate of drug-likeness (QED) is 0.759. The number of hydrogen-bond donors (Lipinski definition) is 1. The monoisotopic (exact) mass is 252 g/mol. The highest BCUT2D eigenvalue weighted by Crippen LogP contribution is 2.23. The van der Waals surface area contributed by atoms with Gasteiger partial charge in [0, 0.05) is 5.39 Å². The first-order valence-electron chi connectivity index (χ1n) is 6.38. The molecule has 0 saturated heterocycles. The average Bonchev–Trinajstić information content (AvgIpc) is 2.82. The van der Waals surface area contributed by atoms with Crippen LogP contribution in [0, 0.1) is 6.92 Å². The molecule has 1 heterocycles. The minimum absolute atomic E-state index is 0.453. The Hall–Kier alpha value is -2.13. The molecule has 1 aromatic heterocycles. The standard InChI is InChI=1S/C16H16N2O/c1-11-5-3-4-6-15(11)18-16-8-7-13(12(2)19)9-14(16)10-17-18/h3-10,12,19H,1-2H3. The van der Waals surface area contributed by atoms with Crippen LogP contribution in [0.15, 0.2) is 48.7 Å². The van der Waals surface area contributed by atoms with Crippen LogP contribution in [0.4, 0.5) is 0 Å². The summed E-state index contributed by atoms with van der Waals surface area (Å²) in [6, 6.07) is 14.1. The summed E-state index contributed by atoms with van der Waals surface area (Å²) in [5.41, 5.74) is 4.24. The lowest BCUT2D eigenvalue weighted by molar-refractivity contribution is 0.199. The Morgan fingerprint density at radius 3 is 2.68 bits per heavy atom. The van der Waals surface area contributed by atoms with Crippen LogP contribution in [0.5, 0.6) is 0 Å². The van der Waals surface area contributed by atoms with Crippen LogP contribution in [-0.2, 0) is 0 Å². The molecule has 0 fully saturated rings. The molecule has 2 aromatic carbocycles. The highest BCUT2D eigenvalue weighted by atomic mass is 16.3. The summed E-state index contributed by atoms with van der Waals surface area (Å²) in [5.74, 6) is 0. The maximum atomic E-state index is 9.62. The second kappa shape index (κ2) is 4.52. The van der Waals surface area contributed by atoms with Crippen LogP contribution in [0.1, 0.15) is 24.2 Å². The van der Waals surface area contributed by atoms with Crippen molar-refractivity contribution in [2.24, 2.45) is 0 Å². The third-order valence-corrected chi connectivity index (χ3v) is 3.42. The first kappa shape index (κ1) is 11.9. The van der Waals surface area contributed by atoms with Gasteiger partial charge >= 0.3 is 0 Å². The van der Waals surface area contributed by atoms with Gasteiger partial charge in [0.05, 0.1) is 23.5 Å². The van der Waals surface area contributed by atoms with Crippen molar-refractivity contribution >= 4 is 10.9 Å². The van der Waals surface area contributed by atoms with E-state index < -0.39 is 6.10 Å². The van der Waals surface area contributed by atoms with Gasteiger partial charge in [-0.1, -0.05) is 24.3 Å². The van der Waals surface area contributed by atoms with E-state index in [2.05, 4.69) is 24.2 Å². The number of aliphatic hydroxyl groups excluding tert-OH is 1. The summed E-state index contributed by atoms with van der Waals surface area (Å²) < 4.78 is 1.94. The molecule has 3 rings (SSSR count). The van der Waals surface area contributed by atoms with Crippen LogP contribution in [0.2, 0.25) is 0 Å². The van der Waals surface area contributed by atoms with Gasteiger partial charge in [-0.05, 0) is 43.2 Å². The van der Waals surface area contributed by atoms with E-state index in [0.29, 0.717) is 0 Å². The maximum Gasteiger partial charge on any atom is 0.0762 e. The number of aryl methyl sites for hydroxylation is 1. The second-order valence-corrected chi connectivity index (χ2v) is 4.84. The fraction of sp³-hybridized carbons (Fsp3) is 0.188. The van der Waals surface area contributed by atoms with Gasteiger partial charge in [0.1, 0.15) is 0 Å². The predicted molar refractivity (Wildman–Crippen MR) is 76.4 cm³/mol. The van der Waals surface area contributed by atoms with Crippen LogP contribution in [0.25, 0.3) is 16.6 Å². The van der Waals surface area contributed by atoms with E-state index in [0.717, 1.165) is 22.2 Å². The molecule has 0 aliphatic carbocycles.